The molecule has 0 radical (unpaired) electrons. The van der Waals surface area contributed by atoms with Crippen LogP contribution in [0.1, 0.15) is 24.1 Å². The number of carbonyl (C=O) groups is 1. The Labute approximate surface area is 150 Å². The van der Waals surface area contributed by atoms with Gasteiger partial charge < -0.3 is 0 Å². The smallest absolute Gasteiger partial charge is 0.144 e. The molecule has 0 saturated carbocycles. The molecule has 0 spiro atoms. The number of likely N-dealkylation sites (tertiary alicyclic amines) is 2. The average molecular weight is 334 g/mol. The second-order valence-corrected chi connectivity index (χ2v) is 7.52. The van der Waals surface area contributed by atoms with Crippen molar-refractivity contribution < 1.29 is 4.79 Å². The van der Waals surface area contributed by atoms with Gasteiger partial charge in [-0.1, -0.05) is 60.7 Å². The van der Waals surface area contributed by atoms with Crippen molar-refractivity contribution in [1.82, 2.24) is 9.80 Å². The van der Waals surface area contributed by atoms with Crippen molar-refractivity contribution in [2.24, 2.45) is 11.8 Å². The van der Waals surface area contributed by atoms with Crippen molar-refractivity contribution in [3.63, 3.8) is 0 Å². The number of nitrogens with zero attached hydrogens (tertiary/aromatic N) is 2. The largest absolute Gasteiger partial charge is 0.299 e. The van der Waals surface area contributed by atoms with E-state index in [1.807, 2.05) is 0 Å². The van der Waals surface area contributed by atoms with E-state index < -0.39 is 0 Å². The Morgan fingerprint density at radius 3 is 2.04 bits per heavy atom. The first-order valence-corrected chi connectivity index (χ1v) is 9.29. The highest BCUT2D eigenvalue weighted by Gasteiger charge is 2.42. The van der Waals surface area contributed by atoms with E-state index >= 15 is 0 Å². The number of fused-ring (bicyclic) bond motifs is 2. The van der Waals surface area contributed by atoms with Crippen LogP contribution in [-0.4, -0.2) is 41.8 Å². The maximum absolute atomic E-state index is 12.7. The van der Waals surface area contributed by atoms with Crippen LogP contribution in [0.2, 0.25) is 0 Å². The third-order valence-electron chi connectivity index (χ3n) is 5.75. The third-order valence-corrected chi connectivity index (χ3v) is 5.75. The van der Waals surface area contributed by atoms with E-state index in [0.717, 1.165) is 32.7 Å². The zero-order valence-electron chi connectivity index (χ0n) is 14.8. The second kappa shape index (κ2) is 7.11. The number of carbonyl (C=O) groups excluding carboxylic acids is 1. The predicted octanol–water partition coefficient (Wildman–Crippen LogP) is 3.38. The number of ketones is 1. The van der Waals surface area contributed by atoms with E-state index in [9.17, 15) is 4.79 Å². The van der Waals surface area contributed by atoms with Crippen LogP contribution in [0.4, 0.5) is 0 Å². The highest BCUT2D eigenvalue weighted by molar-refractivity contribution is 5.85. The summed E-state index contributed by atoms with van der Waals surface area (Å²) in [5, 5.41) is 0. The van der Waals surface area contributed by atoms with Crippen molar-refractivity contribution >= 4 is 5.78 Å². The van der Waals surface area contributed by atoms with Crippen LogP contribution in [0.25, 0.3) is 0 Å². The molecule has 130 valence electrons. The van der Waals surface area contributed by atoms with Crippen LogP contribution in [0.15, 0.2) is 60.7 Å². The summed E-state index contributed by atoms with van der Waals surface area (Å²) in [6.45, 7) is 6.77. The molecule has 2 heterocycles. The Bertz CT molecular complexity index is 697. The first kappa shape index (κ1) is 16.5. The molecular formula is C22H26N2O. The molecule has 4 rings (SSSR count). The van der Waals surface area contributed by atoms with Gasteiger partial charge in [-0.2, -0.15) is 0 Å². The van der Waals surface area contributed by atoms with Crippen LogP contribution in [0, 0.1) is 11.8 Å². The molecule has 2 aromatic rings. The van der Waals surface area contributed by atoms with Crippen molar-refractivity contribution in [3.8, 4) is 0 Å². The Balaban J connectivity index is 1.44. The highest BCUT2D eigenvalue weighted by atomic mass is 16.1. The lowest BCUT2D eigenvalue weighted by molar-refractivity contribution is -0.138. The van der Waals surface area contributed by atoms with Gasteiger partial charge in [0.15, 0.2) is 0 Å². The molecule has 0 amide bonds. The minimum Gasteiger partial charge on any atom is -0.299 e. The second-order valence-electron chi connectivity index (χ2n) is 7.52. The standard InChI is InChI=1S/C22H26N2O/c1-17(19-10-6-3-7-11-19)24-15-20-13-23(14-21(16-24)22(20)25)12-18-8-4-2-5-9-18/h2-11,17,20-21H,12-16H2,1H3. The molecule has 2 aromatic carbocycles. The normalized spacial score (nSPS) is 25.7. The molecule has 0 aromatic heterocycles. The molecular weight excluding hydrogens is 308 g/mol. The number of benzene rings is 2. The fourth-order valence-electron chi connectivity index (χ4n) is 4.38. The Kier molecular flexibility index (Phi) is 4.69. The number of rotatable bonds is 4. The summed E-state index contributed by atoms with van der Waals surface area (Å²) in [5.74, 6) is 0.797. The minimum atomic E-state index is 0.155. The molecule has 2 bridgehead atoms. The van der Waals surface area contributed by atoms with Gasteiger partial charge in [-0.25, -0.2) is 0 Å². The van der Waals surface area contributed by atoms with Crippen LogP contribution < -0.4 is 0 Å². The van der Waals surface area contributed by atoms with Crippen molar-refractivity contribution in [2.75, 3.05) is 26.2 Å². The van der Waals surface area contributed by atoms with Crippen LogP contribution in [0.5, 0.6) is 0 Å². The predicted molar refractivity (Wildman–Crippen MR) is 100 cm³/mol. The fourth-order valence-corrected chi connectivity index (χ4v) is 4.38. The van der Waals surface area contributed by atoms with Gasteiger partial charge >= 0.3 is 0 Å². The van der Waals surface area contributed by atoms with Crippen LogP contribution in [0.3, 0.4) is 0 Å². The van der Waals surface area contributed by atoms with E-state index in [1.165, 1.54) is 11.1 Å². The minimum absolute atomic E-state index is 0.155. The third kappa shape index (κ3) is 3.53. The first-order chi connectivity index (χ1) is 12.2. The molecule has 3 nitrogen and oxygen atoms in total. The zero-order chi connectivity index (χ0) is 17.2. The number of piperidine rings is 2. The van der Waals surface area contributed by atoms with E-state index in [0.29, 0.717) is 11.8 Å². The summed E-state index contributed by atoms with van der Waals surface area (Å²) in [5.41, 5.74) is 2.68. The summed E-state index contributed by atoms with van der Waals surface area (Å²) in [4.78, 5) is 17.6. The van der Waals surface area contributed by atoms with Gasteiger partial charge in [0.2, 0.25) is 0 Å². The van der Waals surface area contributed by atoms with Gasteiger partial charge in [-0.3, -0.25) is 14.6 Å². The summed E-state index contributed by atoms with van der Waals surface area (Å²) in [6, 6.07) is 21.6. The number of hydrogen-bond donors (Lipinski definition) is 0. The SMILES string of the molecule is CC(c1ccccc1)N1CC2CN(Cc3ccccc3)CC(C1)C2=O. The van der Waals surface area contributed by atoms with E-state index in [2.05, 4.69) is 77.4 Å². The summed E-state index contributed by atoms with van der Waals surface area (Å²) >= 11 is 0. The van der Waals surface area contributed by atoms with Gasteiger partial charge in [0.1, 0.15) is 5.78 Å². The van der Waals surface area contributed by atoms with E-state index in [1.54, 1.807) is 0 Å². The topological polar surface area (TPSA) is 23.6 Å². The number of Topliss-reactive ketones (excluding diaryl/α,β-unsaturated/α-hetero) is 1. The van der Waals surface area contributed by atoms with Gasteiger partial charge in [0.05, 0.1) is 0 Å². The van der Waals surface area contributed by atoms with Crippen LogP contribution >= 0.6 is 0 Å². The monoisotopic (exact) mass is 334 g/mol. The summed E-state index contributed by atoms with van der Waals surface area (Å²) in [7, 11) is 0. The maximum Gasteiger partial charge on any atom is 0.144 e. The fraction of sp³-hybridized carbons (Fsp3) is 0.409. The molecule has 2 aliphatic heterocycles. The van der Waals surface area contributed by atoms with Crippen LogP contribution in [-0.2, 0) is 11.3 Å². The van der Waals surface area contributed by atoms with Gasteiger partial charge in [-0.05, 0) is 18.1 Å². The summed E-state index contributed by atoms with van der Waals surface area (Å²) < 4.78 is 0. The molecule has 2 saturated heterocycles. The molecule has 0 N–H and O–H groups in total. The molecule has 2 aliphatic rings. The quantitative estimate of drug-likeness (QED) is 0.856. The highest BCUT2D eigenvalue weighted by Crippen LogP contribution is 2.31. The van der Waals surface area contributed by atoms with Gasteiger partial charge in [-0.15, -0.1) is 0 Å². The molecule has 2 fully saturated rings. The lowest BCUT2D eigenvalue weighted by Crippen LogP contribution is -2.58. The Morgan fingerprint density at radius 2 is 1.44 bits per heavy atom. The lowest BCUT2D eigenvalue weighted by atomic mass is 9.82. The van der Waals surface area contributed by atoms with Crippen molar-refractivity contribution in [3.05, 3.63) is 71.8 Å². The maximum atomic E-state index is 12.7. The van der Waals surface area contributed by atoms with E-state index in [4.69, 9.17) is 0 Å². The Hall–Kier alpha value is -1.97. The molecule has 3 unspecified atom stereocenters. The van der Waals surface area contributed by atoms with E-state index in [-0.39, 0.29) is 11.8 Å². The van der Waals surface area contributed by atoms with Gasteiger partial charge in [0, 0.05) is 50.6 Å². The molecule has 3 heteroatoms. The zero-order valence-corrected chi connectivity index (χ0v) is 14.8. The van der Waals surface area contributed by atoms with Gasteiger partial charge in [0.25, 0.3) is 0 Å². The average Bonchev–Trinajstić information content (AvgIpc) is 2.63. The summed E-state index contributed by atoms with van der Waals surface area (Å²) in [6.07, 6.45) is 0. The lowest BCUT2D eigenvalue weighted by Gasteiger charge is -2.46. The first-order valence-electron chi connectivity index (χ1n) is 9.29. The van der Waals surface area contributed by atoms with Crippen molar-refractivity contribution in [2.45, 2.75) is 19.5 Å². The number of hydrogen-bond acceptors (Lipinski definition) is 3. The Morgan fingerprint density at radius 1 is 0.880 bits per heavy atom. The molecule has 0 aliphatic carbocycles. The molecule has 25 heavy (non-hydrogen) atoms. The molecule has 3 atom stereocenters. The van der Waals surface area contributed by atoms with Crippen molar-refractivity contribution in [1.29, 1.82) is 0 Å².